The van der Waals surface area contributed by atoms with Crippen molar-refractivity contribution in [3.05, 3.63) is 71.3 Å². The zero-order valence-electron chi connectivity index (χ0n) is 15.0. The van der Waals surface area contributed by atoms with Gasteiger partial charge in [0.05, 0.1) is 19.9 Å². The van der Waals surface area contributed by atoms with Crippen molar-refractivity contribution in [3.8, 4) is 5.75 Å². The molecule has 0 saturated heterocycles. The number of hydrazone groups is 1. The highest BCUT2D eigenvalue weighted by atomic mass is 16.5. The van der Waals surface area contributed by atoms with Crippen molar-refractivity contribution >= 4 is 23.9 Å². The van der Waals surface area contributed by atoms with Crippen molar-refractivity contribution in [1.29, 1.82) is 0 Å². The largest absolute Gasteiger partial charge is 0.506 e. The lowest BCUT2D eigenvalue weighted by Crippen LogP contribution is -2.19. The Kier molecular flexibility index (Phi) is 7.13. The van der Waals surface area contributed by atoms with Crippen LogP contribution in [-0.4, -0.2) is 36.9 Å². The summed E-state index contributed by atoms with van der Waals surface area (Å²) in [5, 5.41) is 14.1. The average molecular weight is 368 g/mol. The zero-order valence-corrected chi connectivity index (χ0v) is 15.0. The molecule has 1 amide bonds. The second kappa shape index (κ2) is 9.76. The number of ether oxygens (including phenoxy) is 2. The van der Waals surface area contributed by atoms with Gasteiger partial charge in [-0.3, -0.25) is 4.79 Å². The van der Waals surface area contributed by atoms with Crippen LogP contribution >= 0.6 is 0 Å². The summed E-state index contributed by atoms with van der Waals surface area (Å²) in [6.07, 6.45) is 1.06. The molecule has 2 aromatic carbocycles. The van der Waals surface area contributed by atoms with Gasteiger partial charge >= 0.3 is 5.97 Å². The Labute approximate surface area is 156 Å². The Hall–Kier alpha value is -3.61. The highest BCUT2D eigenvalue weighted by Gasteiger charge is 2.16. The summed E-state index contributed by atoms with van der Waals surface area (Å²) < 4.78 is 9.97. The molecule has 0 heterocycles. The molecule has 7 heteroatoms. The van der Waals surface area contributed by atoms with Crippen molar-refractivity contribution in [2.24, 2.45) is 5.10 Å². The summed E-state index contributed by atoms with van der Waals surface area (Å²) in [7, 11) is 1.53. The SMILES string of the molecule is CCOC(=O)C(C=NNC(=O)c1ccc(OC)cc1)=C(O)c1ccccc1. The first-order valence-corrected chi connectivity index (χ1v) is 8.20. The normalized spacial score (nSPS) is 11.6. The fourth-order valence-electron chi connectivity index (χ4n) is 2.13. The predicted octanol–water partition coefficient (Wildman–Crippen LogP) is 2.94. The molecule has 0 bridgehead atoms. The van der Waals surface area contributed by atoms with Gasteiger partial charge in [0, 0.05) is 11.1 Å². The van der Waals surface area contributed by atoms with Gasteiger partial charge in [0.1, 0.15) is 17.1 Å². The van der Waals surface area contributed by atoms with E-state index < -0.39 is 11.9 Å². The van der Waals surface area contributed by atoms with E-state index >= 15 is 0 Å². The monoisotopic (exact) mass is 368 g/mol. The molecule has 2 rings (SSSR count). The van der Waals surface area contributed by atoms with Crippen LogP contribution in [0.1, 0.15) is 22.8 Å². The van der Waals surface area contributed by atoms with Crippen molar-refractivity contribution in [2.75, 3.05) is 13.7 Å². The first-order valence-electron chi connectivity index (χ1n) is 8.20. The first-order chi connectivity index (χ1) is 13.1. The summed E-state index contributed by atoms with van der Waals surface area (Å²) in [6, 6.07) is 14.9. The average Bonchev–Trinajstić information content (AvgIpc) is 2.71. The molecule has 27 heavy (non-hydrogen) atoms. The lowest BCUT2D eigenvalue weighted by Gasteiger charge is -2.07. The van der Waals surface area contributed by atoms with Gasteiger partial charge in [-0.25, -0.2) is 10.2 Å². The molecule has 2 N–H and O–H groups in total. The molecule has 0 aromatic heterocycles. The number of amides is 1. The van der Waals surface area contributed by atoms with Crippen LogP contribution in [-0.2, 0) is 9.53 Å². The minimum Gasteiger partial charge on any atom is -0.506 e. The molecule has 0 fully saturated rings. The van der Waals surface area contributed by atoms with Crippen LogP contribution < -0.4 is 10.2 Å². The number of aliphatic hydroxyl groups excluding tert-OH is 1. The topological polar surface area (TPSA) is 97.2 Å². The summed E-state index contributed by atoms with van der Waals surface area (Å²) >= 11 is 0. The molecule has 0 radical (unpaired) electrons. The van der Waals surface area contributed by atoms with Gasteiger partial charge in [0.2, 0.25) is 0 Å². The number of methoxy groups -OCH3 is 1. The number of hydrogen-bond acceptors (Lipinski definition) is 6. The molecule has 0 saturated carbocycles. The summed E-state index contributed by atoms with van der Waals surface area (Å²) in [5.74, 6) is -0.899. The van der Waals surface area contributed by atoms with E-state index in [9.17, 15) is 14.7 Å². The van der Waals surface area contributed by atoms with Crippen LogP contribution in [0.15, 0.2) is 65.3 Å². The van der Waals surface area contributed by atoms with Crippen LogP contribution in [0.4, 0.5) is 0 Å². The smallest absolute Gasteiger partial charge is 0.343 e. The van der Waals surface area contributed by atoms with E-state index in [-0.39, 0.29) is 17.9 Å². The fourth-order valence-corrected chi connectivity index (χ4v) is 2.13. The molecule has 0 spiro atoms. The van der Waals surface area contributed by atoms with Crippen LogP contribution in [0.25, 0.3) is 5.76 Å². The number of aliphatic hydroxyl groups is 1. The Morgan fingerprint density at radius 2 is 1.74 bits per heavy atom. The molecular formula is C20H20N2O5. The van der Waals surface area contributed by atoms with Crippen LogP contribution in [0.3, 0.4) is 0 Å². The lowest BCUT2D eigenvalue weighted by atomic mass is 10.1. The Balaban J connectivity index is 2.19. The Morgan fingerprint density at radius 3 is 2.33 bits per heavy atom. The third-order valence-electron chi connectivity index (χ3n) is 3.51. The van der Waals surface area contributed by atoms with Crippen molar-refractivity contribution in [1.82, 2.24) is 5.43 Å². The number of hydrogen-bond donors (Lipinski definition) is 2. The van der Waals surface area contributed by atoms with Gasteiger partial charge in [-0.1, -0.05) is 30.3 Å². The number of nitrogens with one attached hydrogen (secondary N) is 1. The van der Waals surface area contributed by atoms with Gasteiger partial charge < -0.3 is 14.6 Å². The molecule has 0 aliphatic heterocycles. The van der Waals surface area contributed by atoms with E-state index in [1.54, 1.807) is 61.5 Å². The highest BCUT2D eigenvalue weighted by molar-refractivity contribution is 6.15. The summed E-state index contributed by atoms with van der Waals surface area (Å²) in [5.41, 5.74) is 2.93. The van der Waals surface area contributed by atoms with Crippen LogP contribution in [0.5, 0.6) is 5.75 Å². The van der Waals surface area contributed by atoms with Gasteiger partial charge in [-0.05, 0) is 31.2 Å². The van der Waals surface area contributed by atoms with E-state index in [2.05, 4.69) is 10.5 Å². The van der Waals surface area contributed by atoms with E-state index in [0.29, 0.717) is 16.9 Å². The first kappa shape index (κ1) is 19.7. The maximum atomic E-state index is 12.1. The van der Waals surface area contributed by atoms with E-state index in [1.165, 1.54) is 7.11 Å². The number of carbonyl (C=O) groups excluding carboxylic acids is 2. The minimum absolute atomic E-state index is 0.135. The third-order valence-corrected chi connectivity index (χ3v) is 3.51. The van der Waals surface area contributed by atoms with Gasteiger partial charge in [0.15, 0.2) is 0 Å². The molecule has 0 atom stereocenters. The predicted molar refractivity (Wildman–Crippen MR) is 102 cm³/mol. The number of rotatable bonds is 7. The molecule has 2 aromatic rings. The maximum absolute atomic E-state index is 12.1. The van der Waals surface area contributed by atoms with Crippen LogP contribution in [0, 0.1) is 0 Å². The van der Waals surface area contributed by atoms with Crippen molar-refractivity contribution < 1.29 is 24.2 Å². The summed E-state index contributed by atoms with van der Waals surface area (Å²) in [6.45, 7) is 1.79. The van der Waals surface area contributed by atoms with E-state index in [1.807, 2.05) is 0 Å². The van der Waals surface area contributed by atoms with Crippen LogP contribution in [0.2, 0.25) is 0 Å². The standard InChI is InChI=1S/C20H20N2O5/c1-3-27-20(25)17(18(23)14-7-5-4-6-8-14)13-21-22-19(24)15-9-11-16(26-2)12-10-15/h4-13,23H,3H2,1-2H3,(H,22,24). The molecule has 140 valence electrons. The van der Waals surface area contributed by atoms with Crippen molar-refractivity contribution in [3.63, 3.8) is 0 Å². The minimum atomic E-state index is -0.749. The Morgan fingerprint density at radius 1 is 1.07 bits per heavy atom. The van der Waals surface area contributed by atoms with E-state index in [0.717, 1.165) is 6.21 Å². The molecule has 0 aliphatic rings. The van der Waals surface area contributed by atoms with E-state index in [4.69, 9.17) is 9.47 Å². The molecule has 0 unspecified atom stereocenters. The highest BCUT2D eigenvalue weighted by Crippen LogP contribution is 2.16. The van der Waals surface area contributed by atoms with Gasteiger partial charge in [-0.2, -0.15) is 5.10 Å². The number of esters is 1. The molecular weight excluding hydrogens is 348 g/mol. The van der Waals surface area contributed by atoms with Crippen molar-refractivity contribution in [2.45, 2.75) is 6.92 Å². The lowest BCUT2D eigenvalue weighted by molar-refractivity contribution is -0.137. The fraction of sp³-hybridized carbons (Fsp3) is 0.150. The third kappa shape index (κ3) is 5.43. The second-order valence-electron chi connectivity index (χ2n) is 5.28. The summed E-state index contributed by atoms with van der Waals surface area (Å²) in [4.78, 5) is 24.2. The number of benzene rings is 2. The maximum Gasteiger partial charge on any atom is 0.343 e. The quantitative estimate of drug-likeness (QED) is 0.257. The number of carbonyl (C=O) groups is 2. The molecule has 7 nitrogen and oxygen atoms in total. The second-order valence-corrected chi connectivity index (χ2v) is 5.28. The van der Waals surface area contributed by atoms with Gasteiger partial charge in [-0.15, -0.1) is 0 Å². The molecule has 0 aliphatic carbocycles. The zero-order chi connectivity index (χ0) is 19.6. The van der Waals surface area contributed by atoms with Gasteiger partial charge in [0.25, 0.3) is 5.91 Å². The number of nitrogens with zero attached hydrogens (tertiary/aromatic N) is 1. The Bertz CT molecular complexity index is 842.